The first-order valence-electron chi connectivity index (χ1n) is 8.72. The SMILES string of the molecule is C/C=C1\N=C(C)COCCCOCCOc2ccc(C)c(c2)C1=NC. The van der Waals surface area contributed by atoms with Crippen molar-refractivity contribution in [2.45, 2.75) is 27.2 Å². The average Bonchev–Trinajstić information content (AvgIpc) is 2.61. The summed E-state index contributed by atoms with van der Waals surface area (Å²) in [6.45, 7) is 8.95. The van der Waals surface area contributed by atoms with Gasteiger partial charge in [-0.15, -0.1) is 0 Å². The summed E-state index contributed by atoms with van der Waals surface area (Å²) in [6, 6.07) is 6.05. The molecule has 0 radical (unpaired) electrons. The van der Waals surface area contributed by atoms with E-state index in [1.165, 1.54) is 0 Å². The number of benzene rings is 1. The van der Waals surface area contributed by atoms with E-state index in [2.05, 4.69) is 11.9 Å². The number of hydrogen-bond donors (Lipinski definition) is 0. The van der Waals surface area contributed by atoms with Gasteiger partial charge in [-0.2, -0.15) is 0 Å². The first-order valence-corrected chi connectivity index (χ1v) is 8.72. The van der Waals surface area contributed by atoms with Crippen molar-refractivity contribution in [3.63, 3.8) is 0 Å². The molecule has 1 aromatic rings. The van der Waals surface area contributed by atoms with Crippen LogP contribution in [0.5, 0.6) is 5.75 Å². The highest BCUT2D eigenvalue weighted by Crippen LogP contribution is 2.22. The summed E-state index contributed by atoms with van der Waals surface area (Å²) < 4.78 is 17.1. The van der Waals surface area contributed by atoms with Gasteiger partial charge in [0.05, 0.1) is 24.6 Å². The first kappa shape index (κ1) is 19.3. The highest BCUT2D eigenvalue weighted by molar-refractivity contribution is 6.14. The fourth-order valence-electron chi connectivity index (χ4n) is 2.61. The molecule has 136 valence electrons. The minimum atomic E-state index is 0.510. The molecule has 2 rings (SSSR count). The van der Waals surface area contributed by atoms with Crippen LogP contribution in [0.4, 0.5) is 0 Å². The Kier molecular flexibility index (Phi) is 7.82. The number of allylic oxidation sites excluding steroid dienone is 2. The van der Waals surface area contributed by atoms with Gasteiger partial charge in [0.2, 0.25) is 0 Å². The quantitative estimate of drug-likeness (QED) is 0.723. The van der Waals surface area contributed by atoms with E-state index < -0.39 is 0 Å². The van der Waals surface area contributed by atoms with Gasteiger partial charge in [0.25, 0.3) is 0 Å². The molecular weight excluding hydrogens is 316 g/mol. The highest BCUT2D eigenvalue weighted by Gasteiger charge is 2.13. The number of fused-ring (bicyclic) bond motifs is 2. The number of rotatable bonds is 0. The van der Waals surface area contributed by atoms with Gasteiger partial charge >= 0.3 is 0 Å². The Balaban J connectivity index is 2.37. The van der Waals surface area contributed by atoms with E-state index in [9.17, 15) is 0 Å². The van der Waals surface area contributed by atoms with Crippen molar-refractivity contribution in [2.75, 3.05) is 40.1 Å². The van der Waals surface area contributed by atoms with E-state index in [0.717, 1.165) is 40.4 Å². The number of aryl methyl sites for hydroxylation is 1. The molecule has 5 heteroatoms. The molecule has 1 aromatic carbocycles. The summed E-state index contributed by atoms with van der Waals surface area (Å²) in [5.41, 5.74) is 4.78. The molecule has 0 spiro atoms. The van der Waals surface area contributed by atoms with E-state index >= 15 is 0 Å². The van der Waals surface area contributed by atoms with Gasteiger partial charge in [-0.3, -0.25) is 9.98 Å². The third-order valence-electron chi connectivity index (χ3n) is 3.90. The second-order valence-electron chi connectivity index (χ2n) is 5.94. The molecule has 2 bridgehead atoms. The minimum absolute atomic E-state index is 0.510. The summed E-state index contributed by atoms with van der Waals surface area (Å²) in [6.07, 6.45) is 2.84. The van der Waals surface area contributed by atoms with Gasteiger partial charge in [0.15, 0.2) is 0 Å². The largest absolute Gasteiger partial charge is 0.491 e. The van der Waals surface area contributed by atoms with Crippen molar-refractivity contribution in [1.29, 1.82) is 0 Å². The predicted octanol–water partition coefficient (Wildman–Crippen LogP) is 3.59. The van der Waals surface area contributed by atoms with Crippen LogP contribution in [0.25, 0.3) is 0 Å². The molecule has 0 saturated heterocycles. The molecule has 25 heavy (non-hydrogen) atoms. The Bertz CT molecular complexity index is 663. The van der Waals surface area contributed by atoms with E-state index in [1.54, 1.807) is 7.05 Å². The van der Waals surface area contributed by atoms with Gasteiger partial charge in [-0.25, -0.2) is 0 Å². The second kappa shape index (κ2) is 10.1. The van der Waals surface area contributed by atoms with Gasteiger partial charge in [0.1, 0.15) is 12.4 Å². The lowest BCUT2D eigenvalue weighted by molar-refractivity contribution is 0.0764. The van der Waals surface area contributed by atoms with Crippen molar-refractivity contribution < 1.29 is 14.2 Å². The Morgan fingerprint density at radius 3 is 2.64 bits per heavy atom. The van der Waals surface area contributed by atoms with E-state index in [1.807, 2.05) is 38.1 Å². The lowest BCUT2D eigenvalue weighted by Crippen LogP contribution is -2.13. The zero-order chi connectivity index (χ0) is 18.1. The molecule has 0 unspecified atom stereocenters. The lowest BCUT2D eigenvalue weighted by atomic mass is 10.0. The summed E-state index contributed by atoms with van der Waals surface area (Å²) >= 11 is 0. The highest BCUT2D eigenvalue weighted by atomic mass is 16.5. The molecule has 0 N–H and O–H groups in total. The number of aliphatic imine (C=N–C) groups is 2. The molecule has 0 fully saturated rings. The van der Waals surface area contributed by atoms with E-state index in [-0.39, 0.29) is 0 Å². The van der Waals surface area contributed by atoms with Gasteiger partial charge in [0, 0.05) is 31.5 Å². The van der Waals surface area contributed by atoms with Crippen LogP contribution in [0.2, 0.25) is 0 Å². The Morgan fingerprint density at radius 1 is 1.08 bits per heavy atom. The predicted molar refractivity (Wildman–Crippen MR) is 102 cm³/mol. The Morgan fingerprint density at radius 2 is 1.88 bits per heavy atom. The number of ether oxygens (including phenoxy) is 3. The van der Waals surface area contributed by atoms with Gasteiger partial charge in [-0.05, 0) is 44.9 Å². The summed E-state index contributed by atoms with van der Waals surface area (Å²) in [5.74, 6) is 0.817. The fraction of sp³-hybridized carbons (Fsp3) is 0.500. The molecule has 0 amide bonds. The van der Waals surface area contributed by atoms with Crippen LogP contribution in [0, 0.1) is 6.92 Å². The van der Waals surface area contributed by atoms with Gasteiger partial charge in [-0.1, -0.05) is 12.1 Å². The summed E-state index contributed by atoms with van der Waals surface area (Å²) in [5, 5.41) is 0. The lowest BCUT2D eigenvalue weighted by Gasteiger charge is -2.14. The summed E-state index contributed by atoms with van der Waals surface area (Å²) in [7, 11) is 1.79. The van der Waals surface area contributed by atoms with Crippen molar-refractivity contribution >= 4 is 11.4 Å². The Hall–Kier alpha value is -1.98. The number of hydrogen-bond acceptors (Lipinski definition) is 5. The zero-order valence-corrected chi connectivity index (χ0v) is 15.7. The van der Waals surface area contributed by atoms with Crippen LogP contribution >= 0.6 is 0 Å². The molecule has 5 nitrogen and oxygen atoms in total. The number of nitrogens with zero attached hydrogens (tertiary/aromatic N) is 2. The smallest absolute Gasteiger partial charge is 0.120 e. The van der Waals surface area contributed by atoms with Crippen molar-refractivity contribution in [3.8, 4) is 5.75 Å². The van der Waals surface area contributed by atoms with Crippen LogP contribution in [-0.2, 0) is 9.47 Å². The van der Waals surface area contributed by atoms with E-state index in [4.69, 9.17) is 19.2 Å². The molecule has 1 heterocycles. The van der Waals surface area contributed by atoms with Crippen molar-refractivity contribution in [1.82, 2.24) is 0 Å². The third kappa shape index (κ3) is 5.80. The van der Waals surface area contributed by atoms with Crippen LogP contribution in [0.3, 0.4) is 0 Å². The molecule has 1 aliphatic heterocycles. The van der Waals surface area contributed by atoms with Crippen molar-refractivity contribution in [3.05, 3.63) is 41.1 Å². The average molecular weight is 344 g/mol. The molecule has 0 atom stereocenters. The maximum atomic E-state index is 5.82. The third-order valence-corrected chi connectivity index (χ3v) is 3.90. The minimum Gasteiger partial charge on any atom is -0.491 e. The molecule has 0 saturated carbocycles. The first-order chi connectivity index (χ1) is 12.2. The van der Waals surface area contributed by atoms with Crippen molar-refractivity contribution in [2.24, 2.45) is 9.98 Å². The summed E-state index contributed by atoms with van der Waals surface area (Å²) in [4.78, 5) is 9.21. The molecule has 1 aliphatic rings. The molecular formula is C20H28N2O3. The van der Waals surface area contributed by atoms with E-state index in [0.29, 0.717) is 33.0 Å². The van der Waals surface area contributed by atoms with Gasteiger partial charge < -0.3 is 14.2 Å². The monoisotopic (exact) mass is 344 g/mol. The second-order valence-corrected chi connectivity index (χ2v) is 5.94. The normalized spacial score (nSPS) is 21.0. The van der Waals surface area contributed by atoms with Crippen LogP contribution in [0.1, 0.15) is 31.4 Å². The maximum Gasteiger partial charge on any atom is 0.120 e. The maximum absolute atomic E-state index is 5.82. The Labute approximate surface area is 150 Å². The van der Waals surface area contributed by atoms with Crippen LogP contribution in [0.15, 0.2) is 40.0 Å². The standard InChI is InChI=1S/C20H28N2O3/c1-5-19-20(21-4)18-13-17(8-7-15(18)2)25-12-11-23-9-6-10-24-14-16(3)22-19/h5,7-8,13H,6,9-12,14H2,1-4H3/b19-5-,21-20?,22-16?. The topological polar surface area (TPSA) is 52.4 Å². The van der Waals surface area contributed by atoms with Crippen LogP contribution in [-0.4, -0.2) is 51.5 Å². The fourth-order valence-corrected chi connectivity index (χ4v) is 2.61. The molecule has 0 aliphatic carbocycles. The van der Waals surface area contributed by atoms with Crippen LogP contribution < -0.4 is 4.74 Å². The zero-order valence-electron chi connectivity index (χ0n) is 15.7. The molecule has 0 aromatic heterocycles.